The number of fused-ring (bicyclic) bond motifs is 2. The smallest absolute Gasteiger partial charge is 0.251 e. The summed E-state index contributed by atoms with van der Waals surface area (Å²) in [5.41, 5.74) is 7.30. The molecule has 3 aliphatic rings. The summed E-state index contributed by atoms with van der Waals surface area (Å²) in [5.74, 6) is 0.767. The van der Waals surface area contributed by atoms with Gasteiger partial charge in [-0.05, 0) is 116 Å². The van der Waals surface area contributed by atoms with E-state index in [2.05, 4.69) is 70.9 Å². The van der Waals surface area contributed by atoms with Crippen LogP contribution < -0.4 is 15.5 Å². The van der Waals surface area contributed by atoms with E-state index < -0.39 is 5.41 Å². The van der Waals surface area contributed by atoms with E-state index in [9.17, 15) is 9.59 Å². The molecule has 2 aromatic heterocycles. The van der Waals surface area contributed by atoms with Crippen LogP contribution in [0.25, 0.3) is 22.3 Å². The minimum Gasteiger partial charge on any atom is -0.352 e. The lowest BCUT2D eigenvalue weighted by Gasteiger charge is -2.48. The molecule has 0 radical (unpaired) electrons. The van der Waals surface area contributed by atoms with Gasteiger partial charge in [-0.25, -0.2) is 9.97 Å². The van der Waals surface area contributed by atoms with Crippen molar-refractivity contribution in [2.45, 2.75) is 97.2 Å². The van der Waals surface area contributed by atoms with E-state index in [0.29, 0.717) is 24.0 Å². The highest BCUT2D eigenvalue weighted by Gasteiger charge is 2.50. The Morgan fingerprint density at radius 3 is 2.51 bits per heavy atom. The Hall–Kier alpha value is -4.24. The van der Waals surface area contributed by atoms with Crippen molar-refractivity contribution in [3.63, 3.8) is 0 Å². The Bertz CT molecular complexity index is 1850. The number of amides is 2. The van der Waals surface area contributed by atoms with Crippen molar-refractivity contribution >= 4 is 40.0 Å². The van der Waals surface area contributed by atoms with Crippen LogP contribution in [0.2, 0.25) is 0 Å². The molecular weight excluding hydrogens is 586 g/mol. The Morgan fingerprint density at radius 2 is 1.79 bits per heavy atom. The van der Waals surface area contributed by atoms with E-state index in [-0.39, 0.29) is 23.9 Å². The highest BCUT2D eigenvalue weighted by molar-refractivity contribution is 6.09. The lowest BCUT2D eigenvalue weighted by molar-refractivity contribution is -0.123. The molecule has 0 spiro atoms. The average Bonchev–Trinajstić information content (AvgIpc) is 3.55. The molecule has 9 nitrogen and oxygen atoms in total. The summed E-state index contributed by atoms with van der Waals surface area (Å²) in [5, 5.41) is 6.45. The lowest BCUT2D eigenvalue weighted by Crippen LogP contribution is -2.57. The second-order valence-electron chi connectivity index (χ2n) is 14.4. The molecule has 4 aromatic rings. The van der Waals surface area contributed by atoms with Crippen molar-refractivity contribution < 1.29 is 9.59 Å². The average molecular weight is 634 g/mol. The molecule has 1 saturated heterocycles. The summed E-state index contributed by atoms with van der Waals surface area (Å²) in [4.78, 5) is 41.4. The van der Waals surface area contributed by atoms with Crippen LogP contribution in [0.4, 0.5) is 17.2 Å². The van der Waals surface area contributed by atoms with E-state index in [1.54, 1.807) is 0 Å². The molecule has 1 saturated carbocycles. The number of anilines is 3. The van der Waals surface area contributed by atoms with Crippen molar-refractivity contribution in [1.82, 2.24) is 24.8 Å². The summed E-state index contributed by atoms with van der Waals surface area (Å²) < 4.78 is 2.12. The first kappa shape index (κ1) is 31.4. The second kappa shape index (κ2) is 12.1. The molecule has 2 fully saturated rings. The van der Waals surface area contributed by atoms with Crippen LogP contribution in [0.15, 0.2) is 48.8 Å². The van der Waals surface area contributed by atoms with Crippen LogP contribution >= 0.6 is 0 Å². The zero-order valence-corrected chi connectivity index (χ0v) is 28.6. The molecule has 0 unspecified atom stereocenters. The van der Waals surface area contributed by atoms with E-state index in [4.69, 9.17) is 9.97 Å². The molecule has 7 rings (SSSR count). The molecule has 2 aliphatic heterocycles. The summed E-state index contributed by atoms with van der Waals surface area (Å²) >= 11 is 0. The summed E-state index contributed by atoms with van der Waals surface area (Å²) in [6, 6.07) is 15.2. The van der Waals surface area contributed by atoms with Crippen LogP contribution in [0.5, 0.6) is 0 Å². The Labute approximate surface area is 277 Å². The lowest BCUT2D eigenvalue weighted by atomic mass is 9.82. The normalized spacial score (nSPS) is 20.8. The first-order valence-electron chi connectivity index (χ1n) is 17.3. The largest absolute Gasteiger partial charge is 0.352 e. The van der Waals surface area contributed by atoms with Gasteiger partial charge in [0.1, 0.15) is 5.52 Å². The zero-order valence-electron chi connectivity index (χ0n) is 28.6. The minimum absolute atomic E-state index is 0.0957. The molecule has 9 heteroatoms. The molecule has 2 amide bonds. The predicted molar refractivity (Wildman–Crippen MR) is 189 cm³/mol. The third-order valence-electron chi connectivity index (χ3n) is 10.5. The number of carbonyl (C=O) groups is 2. The maximum Gasteiger partial charge on any atom is 0.251 e. The topological polar surface area (TPSA) is 95.4 Å². The van der Waals surface area contributed by atoms with Gasteiger partial charge in [0, 0.05) is 47.2 Å². The summed E-state index contributed by atoms with van der Waals surface area (Å²) in [6.07, 6.45) is 7.83. The molecule has 0 bridgehead atoms. The number of rotatable bonds is 8. The Kier molecular flexibility index (Phi) is 8.07. The van der Waals surface area contributed by atoms with Gasteiger partial charge in [0.05, 0.1) is 23.0 Å². The van der Waals surface area contributed by atoms with Crippen molar-refractivity contribution in [2.75, 3.05) is 29.9 Å². The van der Waals surface area contributed by atoms with Gasteiger partial charge in [-0.3, -0.25) is 9.59 Å². The number of aryl methyl sites for hydroxylation is 1. The third-order valence-corrected chi connectivity index (χ3v) is 10.5. The standard InChI is InChI=1S/C38H47N7O2/c1-7-39-36(46)29-18-26(13-11-24(29)4)41-35-34-32(40-22-44(34)23(2)3)21-31(42-35)25-12-14-30-33(17-25)45(37(47)38(30,5)6)28-19-27(20-28)43-15-9-8-10-16-43/h11-14,17-18,21-23,27-28H,7-10,15-16,19-20H2,1-6H3,(H,39,46)(H,41,42). The number of hydrogen-bond donors (Lipinski definition) is 2. The Balaban J connectivity index is 1.26. The number of carbonyl (C=O) groups excluding carboxylic acids is 2. The van der Waals surface area contributed by atoms with Gasteiger partial charge in [0.2, 0.25) is 5.91 Å². The molecule has 2 N–H and O–H groups in total. The van der Waals surface area contributed by atoms with Crippen LogP contribution in [0.3, 0.4) is 0 Å². The number of benzene rings is 2. The van der Waals surface area contributed by atoms with E-state index in [0.717, 1.165) is 57.6 Å². The van der Waals surface area contributed by atoms with Crippen LogP contribution in [0, 0.1) is 6.92 Å². The number of pyridine rings is 1. The van der Waals surface area contributed by atoms with Crippen molar-refractivity contribution in [2.24, 2.45) is 0 Å². The molecular formula is C38H47N7O2. The fourth-order valence-corrected chi connectivity index (χ4v) is 7.68. The summed E-state index contributed by atoms with van der Waals surface area (Å²) in [7, 11) is 0. The van der Waals surface area contributed by atoms with E-state index in [1.165, 1.54) is 32.4 Å². The van der Waals surface area contributed by atoms with Gasteiger partial charge in [-0.15, -0.1) is 0 Å². The molecule has 2 aromatic carbocycles. The number of aromatic nitrogens is 3. The molecule has 1 aliphatic carbocycles. The molecule has 47 heavy (non-hydrogen) atoms. The zero-order chi connectivity index (χ0) is 33.0. The van der Waals surface area contributed by atoms with Gasteiger partial charge in [0.15, 0.2) is 5.82 Å². The number of nitrogens with one attached hydrogen (secondary N) is 2. The van der Waals surface area contributed by atoms with Crippen molar-refractivity contribution in [3.8, 4) is 11.3 Å². The number of hydrogen-bond acceptors (Lipinski definition) is 6. The van der Waals surface area contributed by atoms with Gasteiger partial charge >= 0.3 is 0 Å². The number of likely N-dealkylation sites (tertiary alicyclic amines) is 1. The molecule has 246 valence electrons. The van der Waals surface area contributed by atoms with Crippen molar-refractivity contribution in [1.29, 1.82) is 0 Å². The predicted octanol–water partition coefficient (Wildman–Crippen LogP) is 7.12. The van der Waals surface area contributed by atoms with Gasteiger partial charge in [-0.1, -0.05) is 24.6 Å². The van der Waals surface area contributed by atoms with E-state index in [1.807, 2.05) is 44.4 Å². The third kappa shape index (κ3) is 5.48. The van der Waals surface area contributed by atoms with Crippen LogP contribution in [0.1, 0.15) is 94.2 Å². The van der Waals surface area contributed by atoms with Gasteiger partial charge in [-0.2, -0.15) is 0 Å². The van der Waals surface area contributed by atoms with Crippen LogP contribution in [-0.2, 0) is 10.2 Å². The first-order chi connectivity index (χ1) is 22.6. The minimum atomic E-state index is -0.572. The SMILES string of the molecule is CCNC(=O)c1cc(Nc2nc(-c3ccc4c(c3)N(C3CC(N5CCCCC5)C3)C(=O)C4(C)C)cc3ncn(C(C)C)c23)ccc1C. The number of nitrogens with zero attached hydrogens (tertiary/aromatic N) is 5. The number of imidazole rings is 1. The fourth-order valence-electron chi connectivity index (χ4n) is 7.68. The second-order valence-corrected chi connectivity index (χ2v) is 14.4. The van der Waals surface area contributed by atoms with E-state index >= 15 is 0 Å². The number of piperidine rings is 1. The molecule has 4 heterocycles. The summed E-state index contributed by atoms with van der Waals surface area (Å²) in [6.45, 7) is 15.2. The maximum absolute atomic E-state index is 13.9. The highest BCUT2D eigenvalue weighted by Crippen LogP contribution is 2.48. The van der Waals surface area contributed by atoms with Crippen molar-refractivity contribution in [3.05, 3.63) is 65.5 Å². The first-order valence-corrected chi connectivity index (χ1v) is 17.3. The Morgan fingerprint density at radius 1 is 1.02 bits per heavy atom. The quantitative estimate of drug-likeness (QED) is 0.215. The van der Waals surface area contributed by atoms with Gasteiger partial charge < -0.3 is 25.0 Å². The fraction of sp³-hybridized carbons (Fsp3) is 0.474. The monoisotopic (exact) mass is 633 g/mol. The maximum atomic E-state index is 13.9. The van der Waals surface area contributed by atoms with Gasteiger partial charge in [0.25, 0.3) is 5.91 Å². The molecule has 0 atom stereocenters. The highest BCUT2D eigenvalue weighted by atomic mass is 16.2. The van der Waals surface area contributed by atoms with Crippen LogP contribution in [-0.4, -0.2) is 63.0 Å².